The van der Waals surface area contributed by atoms with Gasteiger partial charge in [-0.15, -0.1) is 0 Å². The number of aliphatic imine (C=N–C) groups is 1. The average molecular weight is 267 g/mol. The van der Waals surface area contributed by atoms with Gasteiger partial charge >= 0.3 is 0 Å². The monoisotopic (exact) mass is 265 g/mol. The van der Waals surface area contributed by atoms with E-state index >= 15 is 0 Å². The van der Waals surface area contributed by atoms with Gasteiger partial charge in [0.15, 0.2) is 0 Å². The molecule has 0 saturated carbocycles. The Balaban J connectivity index is 4.15. The van der Waals surface area contributed by atoms with Crippen molar-refractivity contribution in [2.75, 3.05) is 6.54 Å². The van der Waals surface area contributed by atoms with E-state index in [1.54, 1.807) is 6.20 Å². The van der Waals surface area contributed by atoms with Crippen LogP contribution in [0.3, 0.4) is 0 Å². The van der Waals surface area contributed by atoms with Crippen LogP contribution in [0.5, 0.6) is 0 Å². The van der Waals surface area contributed by atoms with Gasteiger partial charge in [0.05, 0.1) is 9.64 Å². The first-order chi connectivity index (χ1) is 6.07. The number of nitrogens with two attached hydrogens (primary N) is 1. The smallest absolute Gasteiger partial charge is 0.134 e. The third-order valence-electron chi connectivity index (χ3n) is 1.11. The van der Waals surface area contributed by atoms with Crippen molar-refractivity contribution in [1.29, 1.82) is 0 Å². The lowest BCUT2D eigenvalue weighted by Crippen LogP contribution is -2.14. The molecule has 74 valence electrons. The highest BCUT2D eigenvalue weighted by Gasteiger charge is 1.96. The van der Waals surface area contributed by atoms with Crippen molar-refractivity contribution in [3.05, 3.63) is 22.4 Å². The van der Waals surface area contributed by atoms with Gasteiger partial charge in [-0.25, -0.2) is 0 Å². The normalized spacial score (nSPS) is 12.8. The second kappa shape index (κ2) is 6.97. The number of nitrogens with zero attached hydrogens (tertiary/aromatic N) is 1. The van der Waals surface area contributed by atoms with Gasteiger partial charge in [-0.1, -0.05) is 25.1 Å². The first-order valence-electron chi connectivity index (χ1n) is 3.84. The van der Waals surface area contributed by atoms with Crippen molar-refractivity contribution in [3.8, 4) is 0 Å². The zero-order valence-corrected chi connectivity index (χ0v) is 9.82. The van der Waals surface area contributed by atoms with E-state index in [1.807, 2.05) is 6.92 Å². The summed E-state index contributed by atoms with van der Waals surface area (Å²) < 4.78 is 0.669. The summed E-state index contributed by atoms with van der Waals surface area (Å²) in [5, 5.41) is 3.04. The summed E-state index contributed by atoms with van der Waals surface area (Å²) in [7, 11) is 0. The molecular weight excluding hydrogens is 253 g/mol. The predicted octanol–water partition coefficient (Wildman–Crippen LogP) is 2.29. The molecule has 0 aromatic carbocycles. The lowest BCUT2D eigenvalue weighted by Gasteiger charge is -2.00. The summed E-state index contributed by atoms with van der Waals surface area (Å²) >= 11 is 8.72. The maximum Gasteiger partial charge on any atom is 0.134 e. The molecule has 0 unspecified atom stereocenters. The molecule has 0 rings (SSSR count). The summed E-state index contributed by atoms with van der Waals surface area (Å²) in [6.45, 7) is 6.21. The molecule has 0 bridgehead atoms. The molecule has 0 radical (unpaired) electrons. The molecule has 0 spiro atoms. The van der Waals surface area contributed by atoms with Crippen LogP contribution < -0.4 is 11.1 Å². The SMILES string of the molecule is C=C(Cl)NC=C(Br)C(N)=NCCC. The van der Waals surface area contributed by atoms with E-state index in [4.69, 9.17) is 17.3 Å². The number of halogens is 2. The Labute approximate surface area is 91.9 Å². The lowest BCUT2D eigenvalue weighted by molar-refractivity contribution is 0.931. The van der Waals surface area contributed by atoms with Gasteiger partial charge in [-0.05, 0) is 22.4 Å². The van der Waals surface area contributed by atoms with Gasteiger partial charge in [0.25, 0.3) is 0 Å². The Bertz CT molecular complexity index is 236. The number of hydrogen-bond donors (Lipinski definition) is 2. The minimum atomic E-state index is 0.334. The van der Waals surface area contributed by atoms with Crippen LogP contribution in [0.2, 0.25) is 0 Å². The van der Waals surface area contributed by atoms with Crippen LogP contribution in [0.1, 0.15) is 13.3 Å². The number of amidine groups is 1. The molecule has 0 heterocycles. The van der Waals surface area contributed by atoms with Crippen molar-refractivity contribution in [2.45, 2.75) is 13.3 Å². The topological polar surface area (TPSA) is 50.4 Å². The molecule has 0 saturated heterocycles. The maximum absolute atomic E-state index is 5.61. The zero-order valence-electron chi connectivity index (χ0n) is 7.48. The quantitative estimate of drug-likeness (QED) is 0.456. The summed E-state index contributed by atoms with van der Waals surface area (Å²) in [6, 6.07) is 0. The van der Waals surface area contributed by atoms with E-state index in [2.05, 4.69) is 32.8 Å². The largest absolute Gasteiger partial charge is 0.383 e. The van der Waals surface area contributed by atoms with Gasteiger partial charge in [-0.3, -0.25) is 4.99 Å². The van der Waals surface area contributed by atoms with Crippen LogP contribution >= 0.6 is 27.5 Å². The molecule has 3 N–H and O–H groups in total. The standard InChI is InChI=1S/C8H13BrClN3/c1-3-4-12-8(11)7(9)5-13-6(2)10/h5,13H,2-4H2,1H3,(H2,11,12). The summed E-state index contributed by atoms with van der Waals surface area (Å²) in [6.07, 6.45) is 2.57. The Morgan fingerprint density at radius 1 is 1.77 bits per heavy atom. The van der Waals surface area contributed by atoms with Crippen molar-refractivity contribution < 1.29 is 0 Å². The van der Waals surface area contributed by atoms with E-state index in [0.717, 1.165) is 13.0 Å². The summed E-state index contributed by atoms with van der Waals surface area (Å²) in [5.41, 5.74) is 5.61. The van der Waals surface area contributed by atoms with Crippen LogP contribution in [0.25, 0.3) is 0 Å². The van der Waals surface area contributed by atoms with Crippen LogP contribution in [-0.2, 0) is 0 Å². The first-order valence-corrected chi connectivity index (χ1v) is 5.02. The molecule has 3 nitrogen and oxygen atoms in total. The van der Waals surface area contributed by atoms with Crippen molar-refractivity contribution in [2.24, 2.45) is 10.7 Å². The molecular formula is C8H13BrClN3. The highest BCUT2D eigenvalue weighted by atomic mass is 79.9. The van der Waals surface area contributed by atoms with Gasteiger partial charge in [-0.2, -0.15) is 0 Å². The fraction of sp³-hybridized carbons (Fsp3) is 0.375. The average Bonchev–Trinajstić information content (AvgIpc) is 2.10. The molecule has 13 heavy (non-hydrogen) atoms. The van der Waals surface area contributed by atoms with Gasteiger partial charge in [0, 0.05) is 12.7 Å². The van der Waals surface area contributed by atoms with Crippen LogP contribution in [0.4, 0.5) is 0 Å². The molecule has 0 atom stereocenters. The maximum atomic E-state index is 5.61. The van der Waals surface area contributed by atoms with Crippen LogP contribution in [-0.4, -0.2) is 12.4 Å². The second-order valence-corrected chi connectivity index (χ2v) is 3.62. The number of hydrogen-bond acceptors (Lipinski definition) is 2. The fourth-order valence-electron chi connectivity index (χ4n) is 0.523. The van der Waals surface area contributed by atoms with Crippen LogP contribution in [0, 0.1) is 0 Å². The molecule has 0 fully saturated rings. The Kier molecular flexibility index (Phi) is 6.72. The molecule has 0 amide bonds. The summed E-state index contributed by atoms with van der Waals surface area (Å²) in [4.78, 5) is 4.09. The van der Waals surface area contributed by atoms with E-state index in [9.17, 15) is 0 Å². The second-order valence-electron chi connectivity index (χ2n) is 2.31. The van der Waals surface area contributed by atoms with Crippen LogP contribution in [0.15, 0.2) is 27.4 Å². The number of rotatable bonds is 5. The Hall–Kier alpha value is -0.480. The summed E-state index contributed by atoms with van der Waals surface area (Å²) in [5.74, 6) is 0.451. The Morgan fingerprint density at radius 2 is 2.38 bits per heavy atom. The minimum absolute atomic E-state index is 0.334. The highest BCUT2D eigenvalue weighted by Crippen LogP contribution is 2.04. The van der Waals surface area contributed by atoms with E-state index in [0.29, 0.717) is 15.5 Å². The minimum Gasteiger partial charge on any atom is -0.383 e. The predicted molar refractivity (Wildman–Crippen MR) is 61.9 cm³/mol. The van der Waals surface area contributed by atoms with E-state index in [1.165, 1.54) is 0 Å². The van der Waals surface area contributed by atoms with Gasteiger partial charge < -0.3 is 11.1 Å². The van der Waals surface area contributed by atoms with Crippen molar-refractivity contribution >= 4 is 33.4 Å². The van der Waals surface area contributed by atoms with Crippen molar-refractivity contribution in [3.63, 3.8) is 0 Å². The molecule has 0 aromatic rings. The third kappa shape index (κ3) is 6.66. The molecule has 0 aliphatic carbocycles. The molecule has 5 heteroatoms. The fourth-order valence-corrected chi connectivity index (χ4v) is 0.818. The zero-order chi connectivity index (χ0) is 10.3. The first kappa shape index (κ1) is 12.5. The third-order valence-corrected chi connectivity index (χ3v) is 1.85. The lowest BCUT2D eigenvalue weighted by atomic mass is 10.5. The van der Waals surface area contributed by atoms with Crippen molar-refractivity contribution in [1.82, 2.24) is 5.32 Å². The Morgan fingerprint density at radius 3 is 2.85 bits per heavy atom. The van der Waals surface area contributed by atoms with E-state index in [-0.39, 0.29) is 0 Å². The molecule has 0 aliphatic rings. The van der Waals surface area contributed by atoms with Gasteiger partial charge in [0.2, 0.25) is 0 Å². The van der Waals surface area contributed by atoms with Gasteiger partial charge in [0.1, 0.15) is 5.84 Å². The molecule has 0 aliphatic heterocycles. The highest BCUT2D eigenvalue weighted by molar-refractivity contribution is 9.12. The molecule has 0 aromatic heterocycles. The number of nitrogens with one attached hydrogen (secondary N) is 1. The van der Waals surface area contributed by atoms with E-state index < -0.39 is 0 Å².